The number of carboxylic acid groups (broad SMARTS) is 1. The van der Waals surface area contributed by atoms with Gasteiger partial charge >= 0.3 is 5.97 Å². The molecule has 1 aliphatic heterocycles. The van der Waals surface area contributed by atoms with E-state index < -0.39 is 5.97 Å². The Hall–Kier alpha value is -1.69. The van der Waals surface area contributed by atoms with Gasteiger partial charge in [-0.2, -0.15) is 0 Å². The van der Waals surface area contributed by atoms with Gasteiger partial charge in [-0.05, 0) is 45.2 Å². The van der Waals surface area contributed by atoms with Crippen molar-refractivity contribution in [1.82, 2.24) is 19.9 Å². The highest BCUT2D eigenvalue weighted by molar-refractivity contribution is 5.70. The summed E-state index contributed by atoms with van der Waals surface area (Å²) in [6, 6.07) is 0.328. The first-order chi connectivity index (χ1) is 11.2. The number of hydrogen-bond acceptors (Lipinski definition) is 4. The van der Waals surface area contributed by atoms with E-state index in [2.05, 4.69) is 33.6 Å². The van der Waals surface area contributed by atoms with Gasteiger partial charge in [-0.3, -0.25) is 9.69 Å². The smallest absolute Gasteiger partial charge is 0.306 e. The number of piperidine rings is 1. The largest absolute Gasteiger partial charge is 0.481 e. The monoisotopic (exact) mass is 318 g/mol. The third kappa shape index (κ3) is 4.41. The summed E-state index contributed by atoms with van der Waals surface area (Å²) in [7, 11) is 0. The van der Waals surface area contributed by atoms with E-state index in [4.69, 9.17) is 5.11 Å². The molecule has 2 aliphatic rings. The molecule has 0 radical (unpaired) electrons. The molecule has 126 valence electrons. The second-order valence-corrected chi connectivity index (χ2v) is 6.71. The Morgan fingerprint density at radius 1 is 1.22 bits per heavy atom. The van der Waals surface area contributed by atoms with Crippen LogP contribution in [0.2, 0.25) is 0 Å². The van der Waals surface area contributed by atoms with Crippen LogP contribution >= 0.6 is 0 Å². The normalized spacial score (nSPS) is 25.7. The molecule has 6 nitrogen and oxygen atoms in total. The van der Waals surface area contributed by atoms with Crippen molar-refractivity contribution in [2.24, 2.45) is 5.92 Å². The zero-order valence-corrected chi connectivity index (χ0v) is 13.6. The number of aliphatic carboxylic acids is 1. The van der Waals surface area contributed by atoms with Crippen LogP contribution < -0.4 is 0 Å². The first-order valence-electron chi connectivity index (χ1n) is 8.75. The Kier molecular flexibility index (Phi) is 5.43. The van der Waals surface area contributed by atoms with Gasteiger partial charge in [-0.1, -0.05) is 30.2 Å². The molecule has 1 saturated heterocycles. The molecule has 0 saturated carbocycles. The lowest BCUT2D eigenvalue weighted by Gasteiger charge is -2.29. The first-order valence-corrected chi connectivity index (χ1v) is 8.75. The molecule has 0 aromatic carbocycles. The lowest BCUT2D eigenvalue weighted by Crippen LogP contribution is -2.35. The predicted molar refractivity (Wildman–Crippen MR) is 86.9 cm³/mol. The number of nitrogens with zero attached hydrogens (tertiary/aromatic N) is 4. The van der Waals surface area contributed by atoms with Crippen molar-refractivity contribution in [1.29, 1.82) is 0 Å². The Morgan fingerprint density at radius 3 is 2.83 bits per heavy atom. The summed E-state index contributed by atoms with van der Waals surface area (Å²) in [5, 5.41) is 17.7. The minimum atomic E-state index is -0.660. The molecule has 6 heteroatoms. The predicted octanol–water partition coefficient (Wildman–Crippen LogP) is 2.64. The molecule has 0 amide bonds. The summed E-state index contributed by atoms with van der Waals surface area (Å²) in [5.74, 6) is -0.839. The second kappa shape index (κ2) is 7.73. The third-order valence-electron chi connectivity index (χ3n) is 4.95. The highest BCUT2D eigenvalue weighted by Gasteiger charge is 2.25. The zero-order valence-electron chi connectivity index (χ0n) is 13.6. The zero-order chi connectivity index (χ0) is 16.1. The van der Waals surface area contributed by atoms with Gasteiger partial charge in [0, 0.05) is 6.54 Å². The summed E-state index contributed by atoms with van der Waals surface area (Å²) >= 11 is 0. The Labute approximate surface area is 137 Å². The molecule has 1 N–H and O–H groups in total. The molecule has 1 aromatic heterocycles. The summed E-state index contributed by atoms with van der Waals surface area (Å²) in [6.07, 6.45) is 14.2. The van der Waals surface area contributed by atoms with Gasteiger partial charge in [0.1, 0.15) is 0 Å². The van der Waals surface area contributed by atoms with Gasteiger partial charge in [0.25, 0.3) is 0 Å². The SMILES string of the molecule is O=C(O)C1CCN(Cc2cn(C3/C=C\CCCCC3)nn2)CC1. The number of allylic oxidation sites excluding steroid dienone is 2. The van der Waals surface area contributed by atoms with Gasteiger partial charge in [-0.15, -0.1) is 5.10 Å². The fourth-order valence-corrected chi connectivity index (χ4v) is 3.48. The molecule has 1 fully saturated rings. The standard InChI is InChI=1S/C17H26N4O2/c22-17(23)14-8-10-20(11-9-14)12-15-13-21(19-18-15)16-6-4-2-1-3-5-7-16/h4,6,13-14,16H,1-3,5,7-12H2,(H,22,23)/b6-4-. The van der Waals surface area contributed by atoms with Crippen LogP contribution in [0, 0.1) is 5.92 Å². The topological polar surface area (TPSA) is 71.2 Å². The van der Waals surface area contributed by atoms with Crippen molar-refractivity contribution in [3.05, 3.63) is 24.0 Å². The van der Waals surface area contributed by atoms with Crippen molar-refractivity contribution >= 4 is 5.97 Å². The number of carboxylic acids is 1. The van der Waals surface area contributed by atoms with Crippen LogP contribution in [-0.4, -0.2) is 44.1 Å². The highest BCUT2D eigenvalue weighted by Crippen LogP contribution is 2.22. The molecule has 2 heterocycles. The van der Waals surface area contributed by atoms with Crippen LogP contribution in [0.5, 0.6) is 0 Å². The minimum Gasteiger partial charge on any atom is -0.481 e. The third-order valence-corrected chi connectivity index (χ3v) is 4.95. The van der Waals surface area contributed by atoms with E-state index >= 15 is 0 Å². The molecule has 0 bridgehead atoms. The van der Waals surface area contributed by atoms with E-state index in [-0.39, 0.29) is 5.92 Å². The average Bonchev–Trinajstić information content (AvgIpc) is 2.96. The molecule has 0 spiro atoms. The van der Waals surface area contributed by atoms with E-state index in [0.717, 1.165) is 51.0 Å². The van der Waals surface area contributed by atoms with Crippen molar-refractivity contribution in [3.8, 4) is 0 Å². The molecule has 1 unspecified atom stereocenters. The van der Waals surface area contributed by atoms with Gasteiger partial charge in [0.2, 0.25) is 0 Å². The van der Waals surface area contributed by atoms with Crippen LogP contribution in [0.4, 0.5) is 0 Å². The second-order valence-electron chi connectivity index (χ2n) is 6.71. The molecule has 3 rings (SSSR count). The maximum absolute atomic E-state index is 11.0. The highest BCUT2D eigenvalue weighted by atomic mass is 16.4. The van der Waals surface area contributed by atoms with Crippen molar-refractivity contribution < 1.29 is 9.90 Å². The first kappa shape index (κ1) is 16.2. The fraction of sp³-hybridized carbons (Fsp3) is 0.706. The number of carbonyl (C=O) groups is 1. The number of hydrogen-bond donors (Lipinski definition) is 1. The van der Waals surface area contributed by atoms with Crippen LogP contribution in [0.3, 0.4) is 0 Å². The summed E-state index contributed by atoms with van der Waals surface area (Å²) < 4.78 is 1.99. The number of rotatable bonds is 4. The lowest BCUT2D eigenvalue weighted by molar-refractivity contribution is -0.143. The molecular formula is C17H26N4O2. The van der Waals surface area contributed by atoms with Gasteiger partial charge in [0.15, 0.2) is 0 Å². The van der Waals surface area contributed by atoms with Crippen molar-refractivity contribution in [2.45, 2.75) is 57.5 Å². The van der Waals surface area contributed by atoms with E-state index in [9.17, 15) is 4.79 Å². The van der Waals surface area contributed by atoms with Gasteiger partial charge in [0.05, 0.1) is 23.9 Å². The van der Waals surface area contributed by atoms with Gasteiger partial charge in [-0.25, -0.2) is 4.68 Å². The van der Waals surface area contributed by atoms with Crippen LogP contribution in [0.1, 0.15) is 56.7 Å². The molecule has 23 heavy (non-hydrogen) atoms. The van der Waals surface area contributed by atoms with E-state index in [1.165, 1.54) is 19.3 Å². The van der Waals surface area contributed by atoms with Crippen LogP contribution in [0.25, 0.3) is 0 Å². The van der Waals surface area contributed by atoms with Crippen LogP contribution in [-0.2, 0) is 11.3 Å². The lowest BCUT2D eigenvalue weighted by atomic mass is 9.97. The number of aromatic nitrogens is 3. The Balaban J connectivity index is 1.55. The molecule has 1 atom stereocenters. The summed E-state index contributed by atoms with van der Waals surface area (Å²) in [5.41, 5.74) is 0.981. The van der Waals surface area contributed by atoms with Crippen molar-refractivity contribution in [2.75, 3.05) is 13.1 Å². The minimum absolute atomic E-state index is 0.179. The molecular weight excluding hydrogens is 292 g/mol. The van der Waals surface area contributed by atoms with Crippen LogP contribution in [0.15, 0.2) is 18.3 Å². The molecule has 1 aliphatic carbocycles. The maximum atomic E-state index is 11.0. The molecule has 1 aromatic rings. The van der Waals surface area contributed by atoms with E-state index in [0.29, 0.717) is 6.04 Å². The number of likely N-dealkylation sites (tertiary alicyclic amines) is 1. The Bertz CT molecular complexity index is 547. The van der Waals surface area contributed by atoms with E-state index in [1.54, 1.807) is 0 Å². The quantitative estimate of drug-likeness (QED) is 0.864. The summed E-state index contributed by atoms with van der Waals surface area (Å²) in [6.45, 7) is 2.42. The van der Waals surface area contributed by atoms with Crippen molar-refractivity contribution in [3.63, 3.8) is 0 Å². The fourth-order valence-electron chi connectivity index (χ4n) is 3.48. The van der Waals surface area contributed by atoms with E-state index in [1.807, 2.05) is 4.68 Å². The average molecular weight is 318 g/mol. The maximum Gasteiger partial charge on any atom is 0.306 e. The van der Waals surface area contributed by atoms with Gasteiger partial charge < -0.3 is 5.11 Å². The Morgan fingerprint density at radius 2 is 2.04 bits per heavy atom. The summed E-state index contributed by atoms with van der Waals surface area (Å²) in [4.78, 5) is 13.3.